The lowest BCUT2D eigenvalue weighted by molar-refractivity contribution is -0.660. The third-order valence-electron chi connectivity index (χ3n) is 5.20. The van der Waals surface area contributed by atoms with Gasteiger partial charge in [0.25, 0.3) is 0 Å². The van der Waals surface area contributed by atoms with Crippen LogP contribution in [0, 0.1) is 6.92 Å². The van der Waals surface area contributed by atoms with Crippen LogP contribution in [0.4, 0.5) is 0 Å². The Morgan fingerprint density at radius 3 is 2.52 bits per heavy atom. The molecule has 0 fully saturated rings. The predicted molar refractivity (Wildman–Crippen MR) is 95.4 cm³/mol. The summed E-state index contributed by atoms with van der Waals surface area (Å²) in [6.45, 7) is 6.74. The molecule has 1 aliphatic rings. The molecule has 23 heavy (non-hydrogen) atoms. The molecule has 1 nitrogen and oxygen atoms in total. The largest absolute Gasteiger partial charge is 0.212 e. The molecule has 3 aromatic rings. The van der Waals surface area contributed by atoms with E-state index in [4.69, 9.17) is 1.37 Å². The van der Waals surface area contributed by atoms with E-state index in [1.807, 2.05) is 12.1 Å². The number of aromatic nitrogens is 1. The summed E-state index contributed by atoms with van der Waals surface area (Å²) in [6.07, 6.45) is 2.09. The number of hydrogen-bond acceptors (Lipinski definition) is 0. The lowest BCUT2D eigenvalue weighted by atomic mass is 9.81. The van der Waals surface area contributed by atoms with Gasteiger partial charge in [-0.3, -0.25) is 0 Å². The van der Waals surface area contributed by atoms with Crippen LogP contribution in [0.3, 0.4) is 0 Å². The number of fused-ring (bicyclic) bond motifs is 3. The van der Waals surface area contributed by atoms with Crippen LogP contribution in [0.2, 0.25) is 0 Å². The molecule has 0 spiro atoms. The van der Waals surface area contributed by atoms with E-state index in [9.17, 15) is 0 Å². The molecule has 0 radical (unpaired) electrons. The average Bonchev–Trinajstić information content (AvgIpc) is 2.74. The van der Waals surface area contributed by atoms with Crippen LogP contribution in [0.5, 0.6) is 0 Å². The molecule has 0 amide bonds. The Morgan fingerprint density at radius 1 is 0.913 bits per heavy atom. The van der Waals surface area contributed by atoms with Gasteiger partial charge in [-0.2, -0.15) is 0 Å². The van der Waals surface area contributed by atoms with Crippen LogP contribution in [-0.2, 0) is 12.5 Å². The first-order valence-electron chi connectivity index (χ1n) is 8.61. The summed E-state index contributed by atoms with van der Waals surface area (Å²) < 4.78 is 10.2. The summed E-state index contributed by atoms with van der Waals surface area (Å²) in [5.41, 5.74) is 8.92. The molecule has 0 atom stereocenters. The highest BCUT2D eigenvalue weighted by Gasteiger charge is 2.36. The molecule has 4 rings (SSSR count). The molecule has 1 aliphatic carbocycles. The van der Waals surface area contributed by atoms with Crippen LogP contribution < -0.4 is 4.57 Å². The van der Waals surface area contributed by atoms with Crippen LogP contribution >= 0.6 is 0 Å². The zero-order valence-electron chi connectivity index (χ0n) is 15.1. The van der Waals surface area contributed by atoms with Gasteiger partial charge in [-0.15, -0.1) is 0 Å². The van der Waals surface area contributed by atoms with Gasteiger partial charge in [0, 0.05) is 23.1 Å². The third-order valence-corrected chi connectivity index (χ3v) is 5.20. The Kier molecular flexibility index (Phi) is 2.72. The van der Waals surface area contributed by atoms with E-state index in [1.54, 1.807) is 0 Å². The van der Waals surface area contributed by atoms with Gasteiger partial charge in [0.15, 0.2) is 6.20 Å². The average molecular weight is 301 g/mol. The van der Waals surface area contributed by atoms with Gasteiger partial charge >= 0.3 is 0 Å². The predicted octanol–water partition coefficient (Wildman–Crippen LogP) is 4.79. The maximum absolute atomic E-state index is 7.99. The first kappa shape index (κ1) is 13.1. The second kappa shape index (κ2) is 4.79. The minimum absolute atomic E-state index is 0.0336. The van der Waals surface area contributed by atoms with Crippen molar-refractivity contribution in [1.82, 2.24) is 0 Å². The highest BCUT2D eigenvalue weighted by Crippen LogP contribution is 2.49. The monoisotopic (exact) mass is 301 g/mol. The maximum atomic E-state index is 7.99. The second-order valence-electron chi connectivity index (χ2n) is 7.01. The molecule has 0 aliphatic heterocycles. The fraction of sp³-hybridized carbons (Fsp3) is 0.227. The molecule has 0 bridgehead atoms. The highest BCUT2D eigenvalue weighted by molar-refractivity contribution is 5.84. The van der Waals surface area contributed by atoms with Gasteiger partial charge in [0.1, 0.15) is 7.05 Å². The molecule has 0 saturated heterocycles. The van der Waals surface area contributed by atoms with E-state index >= 15 is 0 Å². The zero-order valence-corrected chi connectivity index (χ0v) is 14.1. The normalized spacial score (nSPS) is 15.0. The summed E-state index contributed by atoms with van der Waals surface area (Å²) in [4.78, 5) is 0. The lowest BCUT2D eigenvalue weighted by Gasteiger charge is -2.22. The fourth-order valence-electron chi connectivity index (χ4n) is 3.87. The molecular weight excluding hydrogens is 278 g/mol. The van der Waals surface area contributed by atoms with Crippen molar-refractivity contribution in [3.8, 4) is 22.4 Å². The number of nitrogens with zero attached hydrogens (tertiary/aromatic N) is 1. The third kappa shape index (κ3) is 1.96. The summed E-state index contributed by atoms with van der Waals surface area (Å²) in [6, 6.07) is 17.6. The van der Waals surface area contributed by atoms with Gasteiger partial charge in [-0.1, -0.05) is 44.2 Å². The van der Waals surface area contributed by atoms with Crippen molar-refractivity contribution < 1.29 is 5.94 Å². The number of benzene rings is 2. The Labute approximate surface area is 139 Å². The van der Waals surface area contributed by atoms with Crippen LogP contribution in [-0.4, -0.2) is 0 Å². The SMILES string of the molecule is [2H]c1ccc2c(c1)-c1cc(C)c(-c3cccc[n+]3C)cc1C2(C)C. The van der Waals surface area contributed by atoms with Gasteiger partial charge in [-0.05, 0) is 46.9 Å². The van der Waals surface area contributed by atoms with Crippen molar-refractivity contribution in [2.75, 3.05) is 0 Å². The molecule has 1 heterocycles. The van der Waals surface area contributed by atoms with Crippen LogP contribution in [0.1, 0.15) is 31.9 Å². The van der Waals surface area contributed by atoms with Crippen LogP contribution in [0.25, 0.3) is 22.4 Å². The molecule has 1 heteroatoms. The highest BCUT2D eigenvalue weighted by atomic mass is 14.9. The summed E-state index contributed by atoms with van der Waals surface area (Å²) in [5, 5.41) is 0. The van der Waals surface area contributed by atoms with Crippen LogP contribution in [0.15, 0.2) is 60.8 Å². The van der Waals surface area contributed by atoms with E-state index in [2.05, 4.69) is 75.0 Å². The fourth-order valence-corrected chi connectivity index (χ4v) is 3.87. The number of pyridine rings is 1. The minimum Gasteiger partial charge on any atom is -0.201 e. The molecule has 114 valence electrons. The Balaban J connectivity index is 2.01. The van der Waals surface area contributed by atoms with Gasteiger partial charge in [0.2, 0.25) is 5.69 Å². The van der Waals surface area contributed by atoms with Crippen molar-refractivity contribution >= 4 is 0 Å². The van der Waals surface area contributed by atoms with Crippen molar-refractivity contribution in [3.63, 3.8) is 0 Å². The number of rotatable bonds is 1. The summed E-state index contributed by atoms with van der Waals surface area (Å²) in [7, 11) is 2.09. The maximum Gasteiger partial charge on any atom is 0.212 e. The zero-order chi connectivity index (χ0) is 17.1. The quantitative estimate of drug-likeness (QED) is 0.569. The van der Waals surface area contributed by atoms with E-state index in [0.29, 0.717) is 6.04 Å². The van der Waals surface area contributed by atoms with E-state index in [1.165, 1.54) is 39.1 Å². The molecule has 0 saturated carbocycles. The smallest absolute Gasteiger partial charge is 0.201 e. The second-order valence-corrected chi connectivity index (χ2v) is 7.01. The van der Waals surface area contributed by atoms with Crippen molar-refractivity contribution in [2.24, 2.45) is 7.05 Å². The van der Waals surface area contributed by atoms with E-state index in [0.717, 1.165) is 0 Å². The number of hydrogen-bond donors (Lipinski definition) is 0. The Hall–Kier alpha value is -2.41. The standard InChI is InChI=1S/C22H22N/c1-15-13-18-16-9-5-6-10-19(16)22(2,3)20(18)14-17(15)21-11-7-8-12-23(21)4/h5-14H,1-4H3/q+1/i5D. The molecule has 0 unspecified atom stereocenters. The Bertz CT molecular complexity index is 970. The van der Waals surface area contributed by atoms with E-state index in [-0.39, 0.29) is 5.41 Å². The minimum atomic E-state index is -0.0336. The molecule has 1 aromatic heterocycles. The topological polar surface area (TPSA) is 3.88 Å². The van der Waals surface area contributed by atoms with Crippen molar-refractivity contribution in [2.45, 2.75) is 26.2 Å². The summed E-state index contributed by atoms with van der Waals surface area (Å²) >= 11 is 0. The first-order chi connectivity index (χ1) is 11.4. The number of aryl methyl sites for hydroxylation is 2. The van der Waals surface area contributed by atoms with Gasteiger partial charge in [0.05, 0.1) is 1.37 Å². The first-order valence-corrected chi connectivity index (χ1v) is 8.11. The Morgan fingerprint density at radius 2 is 1.74 bits per heavy atom. The molecular formula is C22H22N+. The molecule has 0 N–H and O–H groups in total. The van der Waals surface area contributed by atoms with Crippen molar-refractivity contribution in [3.05, 3.63) is 77.5 Å². The van der Waals surface area contributed by atoms with Crippen molar-refractivity contribution in [1.29, 1.82) is 0 Å². The van der Waals surface area contributed by atoms with E-state index < -0.39 is 0 Å². The summed E-state index contributed by atoms with van der Waals surface area (Å²) in [5.74, 6) is 0. The lowest BCUT2D eigenvalue weighted by Crippen LogP contribution is -2.30. The van der Waals surface area contributed by atoms with Gasteiger partial charge in [-0.25, -0.2) is 4.57 Å². The molecule has 2 aromatic carbocycles. The van der Waals surface area contributed by atoms with Gasteiger partial charge < -0.3 is 0 Å².